The van der Waals surface area contributed by atoms with E-state index in [0.717, 1.165) is 44.3 Å². The summed E-state index contributed by atoms with van der Waals surface area (Å²) in [4.78, 5) is 35.3. The summed E-state index contributed by atoms with van der Waals surface area (Å²) in [7, 11) is 0. The molecule has 1 spiro atoms. The molecular formula is C31H48N2O7. The fourth-order valence-electron chi connectivity index (χ4n) is 5.42. The van der Waals surface area contributed by atoms with E-state index in [4.69, 9.17) is 18.9 Å². The molecule has 9 nitrogen and oxygen atoms in total. The fourth-order valence-corrected chi connectivity index (χ4v) is 5.42. The Morgan fingerprint density at radius 3 is 2.55 bits per heavy atom. The van der Waals surface area contributed by atoms with E-state index in [1.54, 1.807) is 13.0 Å². The Kier molecular flexibility index (Phi) is 12.0. The van der Waals surface area contributed by atoms with Crippen LogP contribution >= 0.6 is 0 Å². The zero-order chi connectivity index (χ0) is 29.3. The predicted molar refractivity (Wildman–Crippen MR) is 152 cm³/mol. The van der Waals surface area contributed by atoms with Gasteiger partial charge in [0.05, 0.1) is 42.7 Å². The molecule has 224 valence electrons. The second-order valence-electron chi connectivity index (χ2n) is 11.7. The second kappa shape index (κ2) is 14.9. The summed E-state index contributed by atoms with van der Waals surface area (Å²) in [6, 6.07) is -0.0856. The molecule has 0 saturated carbocycles. The molecule has 3 saturated heterocycles. The quantitative estimate of drug-likeness (QED) is 0.161. The van der Waals surface area contributed by atoms with Crippen LogP contribution in [0.15, 0.2) is 36.0 Å². The first-order valence-electron chi connectivity index (χ1n) is 14.7. The standard InChI is InChI=1S/C31H48N2O7/c1-7-8-29(35)32-18-26-17-31(19-37-31)16-25(40-26)12-9-20(2)10-13-28-21(3)15-27(23(5)39-28)33-30(36)14-11-22(4)38-24(6)34/h9-12,14,21-23,25-28H,7-8,13,15-19H2,1-6H3,(H,32,35)(H,33,36). The maximum atomic E-state index is 12.4. The lowest BCUT2D eigenvalue weighted by Crippen LogP contribution is -2.50. The van der Waals surface area contributed by atoms with Crippen molar-refractivity contribution >= 4 is 17.8 Å². The molecule has 0 aromatic carbocycles. The van der Waals surface area contributed by atoms with E-state index in [1.165, 1.54) is 13.0 Å². The van der Waals surface area contributed by atoms with Crippen LogP contribution in [0, 0.1) is 5.92 Å². The van der Waals surface area contributed by atoms with E-state index in [2.05, 4.69) is 42.7 Å². The van der Waals surface area contributed by atoms with Crippen LogP contribution in [-0.2, 0) is 33.3 Å². The number of epoxide rings is 1. The average Bonchev–Trinajstić information content (AvgIpc) is 3.63. The summed E-state index contributed by atoms with van der Waals surface area (Å²) in [5, 5.41) is 6.01. The lowest BCUT2D eigenvalue weighted by Gasteiger charge is -2.39. The van der Waals surface area contributed by atoms with Crippen LogP contribution in [0.3, 0.4) is 0 Å². The van der Waals surface area contributed by atoms with Crippen LogP contribution < -0.4 is 10.6 Å². The number of hydrogen-bond acceptors (Lipinski definition) is 7. The zero-order valence-corrected chi connectivity index (χ0v) is 24.9. The monoisotopic (exact) mass is 560 g/mol. The smallest absolute Gasteiger partial charge is 0.303 e. The number of ether oxygens (including phenoxy) is 4. The third kappa shape index (κ3) is 10.5. The number of carbonyl (C=O) groups is 3. The van der Waals surface area contributed by atoms with E-state index >= 15 is 0 Å². The van der Waals surface area contributed by atoms with Crippen LogP contribution in [0.2, 0.25) is 0 Å². The molecule has 2 N–H and O–H groups in total. The Balaban J connectivity index is 1.45. The molecule has 0 aliphatic carbocycles. The first kappa shape index (κ1) is 32.0. The molecule has 3 heterocycles. The molecule has 0 aromatic heterocycles. The van der Waals surface area contributed by atoms with Gasteiger partial charge in [-0.05, 0) is 52.0 Å². The van der Waals surface area contributed by atoms with Gasteiger partial charge in [-0.3, -0.25) is 14.4 Å². The summed E-state index contributed by atoms with van der Waals surface area (Å²) in [5.74, 6) is -0.262. The number of nitrogens with one attached hydrogen (secondary N) is 2. The molecule has 3 aliphatic heterocycles. The minimum Gasteiger partial charge on any atom is -0.459 e. The summed E-state index contributed by atoms with van der Waals surface area (Å²) >= 11 is 0. The van der Waals surface area contributed by atoms with Crippen LogP contribution in [0.1, 0.15) is 80.1 Å². The van der Waals surface area contributed by atoms with Crippen LogP contribution in [0.25, 0.3) is 0 Å². The number of amides is 2. The van der Waals surface area contributed by atoms with E-state index < -0.39 is 6.10 Å². The zero-order valence-electron chi connectivity index (χ0n) is 24.9. The molecule has 8 atom stereocenters. The van der Waals surface area contributed by atoms with E-state index in [-0.39, 0.29) is 59.8 Å². The number of hydrogen-bond donors (Lipinski definition) is 2. The van der Waals surface area contributed by atoms with E-state index in [1.807, 2.05) is 13.8 Å². The van der Waals surface area contributed by atoms with Gasteiger partial charge in [0.25, 0.3) is 0 Å². The van der Waals surface area contributed by atoms with Gasteiger partial charge in [-0.2, -0.15) is 0 Å². The third-order valence-corrected chi connectivity index (χ3v) is 7.76. The lowest BCUT2D eigenvalue weighted by molar-refractivity contribution is -0.143. The number of rotatable bonds is 12. The Morgan fingerprint density at radius 2 is 1.88 bits per heavy atom. The Bertz CT molecular complexity index is 971. The molecular weight excluding hydrogens is 512 g/mol. The number of carbonyl (C=O) groups excluding carboxylic acids is 3. The van der Waals surface area contributed by atoms with Gasteiger partial charge >= 0.3 is 5.97 Å². The normalized spacial score (nSPS) is 33.2. The SMILES string of the molecule is CCCC(=O)NCC1CC2(CO2)CC(C=CC(C)=CCC2OC(C)C(NC(=O)C=CC(C)OC(C)=O)CC2C)O1. The van der Waals surface area contributed by atoms with Crippen molar-refractivity contribution in [3.8, 4) is 0 Å². The van der Waals surface area contributed by atoms with Gasteiger partial charge in [-0.15, -0.1) is 0 Å². The molecule has 3 fully saturated rings. The Hall–Kier alpha value is -2.49. The van der Waals surface area contributed by atoms with Crippen molar-refractivity contribution < 1.29 is 33.3 Å². The van der Waals surface area contributed by atoms with Gasteiger partial charge in [0.15, 0.2) is 0 Å². The van der Waals surface area contributed by atoms with Gasteiger partial charge in [0.1, 0.15) is 6.10 Å². The average molecular weight is 561 g/mol. The molecule has 8 unspecified atom stereocenters. The summed E-state index contributed by atoms with van der Waals surface area (Å²) in [5.41, 5.74) is 1.04. The highest BCUT2D eigenvalue weighted by atomic mass is 16.6. The summed E-state index contributed by atoms with van der Waals surface area (Å²) in [6.07, 6.45) is 13.4. The van der Waals surface area contributed by atoms with Gasteiger partial charge in [0, 0.05) is 38.8 Å². The molecule has 40 heavy (non-hydrogen) atoms. The van der Waals surface area contributed by atoms with E-state index in [9.17, 15) is 14.4 Å². The van der Waals surface area contributed by atoms with Crippen molar-refractivity contribution in [2.75, 3.05) is 13.2 Å². The molecule has 0 radical (unpaired) electrons. The Labute approximate surface area is 239 Å². The highest BCUT2D eigenvalue weighted by Crippen LogP contribution is 2.42. The van der Waals surface area contributed by atoms with Crippen molar-refractivity contribution in [3.05, 3.63) is 36.0 Å². The Morgan fingerprint density at radius 1 is 1.12 bits per heavy atom. The largest absolute Gasteiger partial charge is 0.459 e. The number of esters is 1. The topological polar surface area (TPSA) is 115 Å². The van der Waals surface area contributed by atoms with Gasteiger partial charge in [-0.25, -0.2) is 0 Å². The minimum absolute atomic E-state index is 0.0461. The highest BCUT2D eigenvalue weighted by Gasteiger charge is 2.51. The summed E-state index contributed by atoms with van der Waals surface area (Å²) < 4.78 is 23.3. The maximum absolute atomic E-state index is 12.4. The van der Waals surface area contributed by atoms with Gasteiger partial charge in [-0.1, -0.05) is 37.6 Å². The van der Waals surface area contributed by atoms with Crippen molar-refractivity contribution in [3.63, 3.8) is 0 Å². The van der Waals surface area contributed by atoms with Gasteiger partial charge < -0.3 is 29.6 Å². The molecule has 9 heteroatoms. The van der Waals surface area contributed by atoms with Crippen molar-refractivity contribution in [1.82, 2.24) is 10.6 Å². The highest BCUT2D eigenvalue weighted by molar-refractivity contribution is 5.87. The first-order chi connectivity index (χ1) is 19.0. The van der Waals surface area contributed by atoms with Crippen LogP contribution in [-0.4, -0.2) is 73.1 Å². The van der Waals surface area contributed by atoms with Gasteiger partial charge in [0.2, 0.25) is 11.8 Å². The van der Waals surface area contributed by atoms with Crippen LogP contribution in [0.4, 0.5) is 0 Å². The molecule has 0 aromatic rings. The van der Waals surface area contributed by atoms with Crippen molar-refractivity contribution in [1.29, 1.82) is 0 Å². The molecule has 3 aliphatic rings. The summed E-state index contributed by atoms with van der Waals surface area (Å²) in [6.45, 7) is 12.5. The second-order valence-corrected chi connectivity index (χ2v) is 11.7. The van der Waals surface area contributed by atoms with Crippen molar-refractivity contribution in [2.45, 2.75) is 122 Å². The number of allylic oxidation sites excluding steroid dienone is 2. The van der Waals surface area contributed by atoms with Crippen molar-refractivity contribution in [2.24, 2.45) is 5.92 Å². The van der Waals surface area contributed by atoms with Crippen LogP contribution in [0.5, 0.6) is 0 Å². The first-order valence-corrected chi connectivity index (χ1v) is 14.7. The lowest BCUT2D eigenvalue weighted by atomic mass is 9.88. The van der Waals surface area contributed by atoms with E-state index in [0.29, 0.717) is 13.0 Å². The molecule has 0 bridgehead atoms. The molecule has 2 amide bonds. The maximum Gasteiger partial charge on any atom is 0.303 e. The third-order valence-electron chi connectivity index (χ3n) is 7.76. The molecule has 3 rings (SSSR count). The predicted octanol–water partition coefficient (Wildman–Crippen LogP) is 3.92. The minimum atomic E-state index is -0.455. The fraction of sp³-hybridized carbons (Fsp3) is 0.710.